The Balaban J connectivity index is 1.64. The molecule has 2 heterocycles. The predicted octanol–water partition coefficient (Wildman–Crippen LogP) is 5.95. The first kappa shape index (κ1) is 19.2. The molecule has 5 nitrogen and oxygen atoms in total. The molecule has 0 spiro atoms. The Bertz CT molecular complexity index is 1210. The lowest BCUT2D eigenvalue weighted by Crippen LogP contribution is -2.29. The van der Waals surface area contributed by atoms with E-state index in [0.29, 0.717) is 34.3 Å². The van der Waals surface area contributed by atoms with Crippen LogP contribution in [-0.2, 0) is 4.79 Å². The topological polar surface area (TPSA) is 75.4 Å². The summed E-state index contributed by atoms with van der Waals surface area (Å²) in [6, 6.07) is 12.6. The number of fused-ring (bicyclic) bond motifs is 1. The summed E-state index contributed by atoms with van der Waals surface area (Å²) in [7, 11) is 0. The number of hydrogen-bond acceptors (Lipinski definition) is 5. The summed E-state index contributed by atoms with van der Waals surface area (Å²) >= 11 is 12.4. The lowest BCUT2D eigenvalue weighted by Gasteiger charge is -2.34. The molecule has 0 saturated carbocycles. The minimum Gasteiger partial charge on any atom is -0.508 e. The van der Waals surface area contributed by atoms with Crippen LogP contribution in [0, 0.1) is 6.92 Å². The number of aromatic nitrogens is 1. The van der Waals surface area contributed by atoms with Gasteiger partial charge in [0.25, 0.3) is 0 Å². The lowest BCUT2D eigenvalue weighted by molar-refractivity contribution is -0.116. The highest BCUT2D eigenvalue weighted by molar-refractivity contribution is 6.42. The van der Waals surface area contributed by atoms with Crippen LogP contribution in [0.25, 0.3) is 0 Å². The van der Waals surface area contributed by atoms with Crippen LogP contribution in [0.4, 0.5) is 5.88 Å². The molecule has 30 heavy (non-hydrogen) atoms. The van der Waals surface area contributed by atoms with Gasteiger partial charge in [0.2, 0.25) is 5.88 Å². The molecule has 0 unspecified atom stereocenters. The Morgan fingerprint density at radius 3 is 2.70 bits per heavy atom. The quantitative estimate of drug-likeness (QED) is 0.514. The first-order valence-electron chi connectivity index (χ1n) is 9.66. The lowest BCUT2D eigenvalue weighted by atomic mass is 9.72. The smallest absolute Gasteiger partial charge is 0.233 e. The van der Waals surface area contributed by atoms with Crippen molar-refractivity contribution in [3.8, 4) is 5.75 Å². The zero-order valence-corrected chi connectivity index (χ0v) is 17.6. The van der Waals surface area contributed by atoms with E-state index >= 15 is 0 Å². The molecule has 3 aromatic rings. The van der Waals surface area contributed by atoms with Gasteiger partial charge in [0.15, 0.2) is 5.78 Å². The van der Waals surface area contributed by atoms with Crippen LogP contribution in [-0.4, -0.2) is 16.0 Å². The third kappa shape index (κ3) is 3.01. The highest BCUT2D eigenvalue weighted by Gasteiger charge is 2.41. The van der Waals surface area contributed by atoms with Gasteiger partial charge in [-0.3, -0.25) is 4.79 Å². The second-order valence-corrected chi connectivity index (χ2v) is 8.54. The maximum Gasteiger partial charge on any atom is 0.233 e. The Morgan fingerprint density at radius 1 is 1.13 bits per heavy atom. The van der Waals surface area contributed by atoms with Gasteiger partial charge in [-0.05, 0) is 42.7 Å². The maximum absolute atomic E-state index is 13.4. The van der Waals surface area contributed by atoms with E-state index in [1.165, 1.54) is 0 Å². The number of carbonyl (C=O) groups excluding carboxylic acids is 1. The molecule has 152 valence electrons. The fraction of sp³-hybridized carbons (Fsp3) is 0.217. The number of Topliss-reactive ketones (excluding diaryl/α,β-unsaturated/α-hetero) is 1. The predicted molar refractivity (Wildman–Crippen MR) is 115 cm³/mol. The Labute approximate surface area is 183 Å². The van der Waals surface area contributed by atoms with Gasteiger partial charge in [-0.2, -0.15) is 0 Å². The van der Waals surface area contributed by atoms with Crippen molar-refractivity contribution in [2.45, 2.75) is 31.6 Å². The van der Waals surface area contributed by atoms with Gasteiger partial charge in [0.1, 0.15) is 5.75 Å². The summed E-state index contributed by atoms with van der Waals surface area (Å²) in [6.45, 7) is 1.86. The van der Waals surface area contributed by atoms with Crippen molar-refractivity contribution >= 4 is 34.9 Å². The van der Waals surface area contributed by atoms with Crippen LogP contribution in [0.5, 0.6) is 5.75 Å². The van der Waals surface area contributed by atoms with E-state index in [0.717, 1.165) is 28.1 Å². The van der Waals surface area contributed by atoms with Gasteiger partial charge in [0, 0.05) is 29.5 Å². The maximum atomic E-state index is 13.4. The van der Waals surface area contributed by atoms with Gasteiger partial charge in [-0.15, -0.1) is 0 Å². The van der Waals surface area contributed by atoms with Crippen molar-refractivity contribution in [2.24, 2.45) is 0 Å². The van der Waals surface area contributed by atoms with Crippen LogP contribution in [0.2, 0.25) is 10.0 Å². The number of rotatable bonds is 2. The molecule has 0 saturated heterocycles. The highest BCUT2D eigenvalue weighted by atomic mass is 35.5. The average Bonchev–Trinajstić information content (AvgIpc) is 3.09. The largest absolute Gasteiger partial charge is 0.508 e. The highest BCUT2D eigenvalue weighted by Crippen LogP contribution is 2.50. The molecular weight excluding hydrogens is 423 g/mol. The monoisotopic (exact) mass is 440 g/mol. The minimum absolute atomic E-state index is 0.0272. The third-order valence-corrected chi connectivity index (χ3v) is 6.65. The van der Waals surface area contributed by atoms with Gasteiger partial charge < -0.3 is 14.9 Å². The molecule has 2 N–H and O–H groups in total. The molecule has 1 aliphatic heterocycles. The molecule has 1 aromatic heterocycles. The van der Waals surface area contributed by atoms with E-state index in [4.69, 9.17) is 27.7 Å². The van der Waals surface area contributed by atoms with E-state index in [2.05, 4.69) is 10.5 Å². The number of allylic oxidation sites excluding steroid dienone is 2. The van der Waals surface area contributed by atoms with E-state index in [1.807, 2.05) is 25.1 Å². The number of hydrogen-bond donors (Lipinski definition) is 2. The van der Waals surface area contributed by atoms with E-state index in [9.17, 15) is 9.90 Å². The van der Waals surface area contributed by atoms with Crippen molar-refractivity contribution < 1.29 is 14.4 Å². The van der Waals surface area contributed by atoms with Crippen molar-refractivity contribution in [2.75, 3.05) is 5.32 Å². The number of nitrogens with one attached hydrogen (secondary N) is 1. The second-order valence-electron chi connectivity index (χ2n) is 7.72. The first-order valence-corrected chi connectivity index (χ1v) is 10.4. The fourth-order valence-corrected chi connectivity index (χ4v) is 4.86. The molecule has 0 fully saturated rings. The summed E-state index contributed by atoms with van der Waals surface area (Å²) in [5, 5.41) is 18.6. The number of anilines is 1. The van der Waals surface area contributed by atoms with Crippen molar-refractivity contribution in [1.29, 1.82) is 0 Å². The van der Waals surface area contributed by atoms with Crippen LogP contribution in [0.3, 0.4) is 0 Å². The number of phenolic OH excluding ortho intramolecular Hbond substituents is 1. The Kier molecular flexibility index (Phi) is 4.60. The molecule has 2 aliphatic rings. The van der Waals surface area contributed by atoms with Crippen LogP contribution < -0.4 is 5.32 Å². The van der Waals surface area contributed by atoms with Gasteiger partial charge in [-0.1, -0.05) is 52.6 Å². The van der Waals surface area contributed by atoms with E-state index in [-0.39, 0.29) is 23.4 Å². The summed E-state index contributed by atoms with van der Waals surface area (Å²) in [4.78, 5) is 13.4. The minimum atomic E-state index is -0.338. The van der Waals surface area contributed by atoms with Crippen LogP contribution in [0.1, 0.15) is 47.1 Å². The number of para-hydroxylation sites is 1. The molecule has 0 radical (unpaired) electrons. The fourth-order valence-electron chi connectivity index (χ4n) is 4.55. The van der Waals surface area contributed by atoms with E-state index < -0.39 is 0 Å². The zero-order valence-electron chi connectivity index (χ0n) is 16.1. The summed E-state index contributed by atoms with van der Waals surface area (Å²) in [5.41, 5.74) is 4.67. The van der Waals surface area contributed by atoms with Gasteiger partial charge >= 0.3 is 0 Å². The van der Waals surface area contributed by atoms with Gasteiger partial charge in [-0.25, -0.2) is 0 Å². The average molecular weight is 441 g/mol. The Morgan fingerprint density at radius 2 is 1.93 bits per heavy atom. The molecule has 7 heteroatoms. The summed E-state index contributed by atoms with van der Waals surface area (Å²) < 4.78 is 5.53. The van der Waals surface area contributed by atoms with Crippen molar-refractivity contribution in [3.05, 3.63) is 86.2 Å². The van der Waals surface area contributed by atoms with Crippen molar-refractivity contribution in [3.63, 3.8) is 0 Å². The molecule has 0 bridgehead atoms. The second kappa shape index (κ2) is 7.18. The normalized spacial score (nSPS) is 20.6. The molecule has 2 atom stereocenters. The molecular formula is C23H18Cl2N2O3. The molecule has 2 aromatic carbocycles. The summed E-state index contributed by atoms with van der Waals surface area (Å²) in [5.74, 6) is 0.305. The SMILES string of the molecule is Cc1noc2c1[C@@H](c1ccc(Cl)c(Cl)c1)C1=C(C[C@@H](c3ccccc3O)CC1=O)N2. The zero-order chi connectivity index (χ0) is 21.0. The van der Waals surface area contributed by atoms with Crippen LogP contribution in [0.15, 0.2) is 58.3 Å². The summed E-state index contributed by atoms with van der Waals surface area (Å²) in [6.07, 6.45) is 0.894. The third-order valence-electron chi connectivity index (χ3n) is 5.91. The number of halogens is 2. The number of ketones is 1. The van der Waals surface area contributed by atoms with Crippen LogP contribution >= 0.6 is 23.2 Å². The molecule has 1 aliphatic carbocycles. The van der Waals surface area contributed by atoms with E-state index in [1.54, 1.807) is 24.3 Å². The number of phenols is 1. The number of carbonyl (C=O) groups is 1. The van der Waals surface area contributed by atoms with Crippen molar-refractivity contribution in [1.82, 2.24) is 5.16 Å². The number of aromatic hydroxyl groups is 1. The Hall–Kier alpha value is -2.76. The number of aryl methyl sites for hydroxylation is 1. The van der Waals surface area contributed by atoms with Gasteiger partial charge in [0.05, 0.1) is 21.3 Å². The standard InChI is InChI=1S/C23H18Cl2N2O3/c1-11-20-21(12-6-7-15(24)16(25)8-12)22-17(26-23(20)30-27-11)9-13(10-19(22)29)14-4-2-3-5-18(14)28/h2-8,13,21,26,28H,9-10H2,1H3/t13-,21-/m1/s1. The molecule has 0 amide bonds. The number of nitrogens with zero attached hydrogens (tertiary/aromatic N) is 1. The first-order chi connectivity index (χ1) is 14.4. The molecule has 5 rings (SSSR count). The number of benzene rings is 2.